The predicted molar refractivity (Wildman–Crippen MR) is 111 cm³/mol. The quantitative estimate of drug-likeness (QED) is 0.643. The number of aryl methyl sites for hydroxylation is 1. The van der Waals surface area contributed by atoms with Gasteiger partial charge in [0, 0.05) is 38.3 Å². The fourth-order valence-corrected chi connectivity index (χ4v) is 3.25. The van der Waals surface area contributed by atoms with Gasteiger partial charge in [-0.15, -0.1) is 0 Å². The predicted octanol–water partition coefficient (Wildman–Crippen LogP) is 1.72. The summed E-state index contributed by atoms with van der Waals surface area (Å²) in [5.41, 5.74) is 2.25. The Morgan fingerprint density at radius 3 is 2.67 bits per heavy atom. The van der Waals surface area contributed by atoms with Crippen molar-refractivity contribution < 1.29 is 14.1 Å². The molecule has 0 atom stereocenters. The largest absolute Gasteiger partial charge is 0.360 e. The monoisotopic (exact) mass is 406 g/mol. The van der Waals surface area contributed by atoms with Crippen LogP contribution in [0.25, 0.3) is 17.1 Å². The van der Waals surface area contributed by atoms with E-state index in [-0.39, 0.29) is 18.4 Å². The molecule has 0 unspecified atom stereocenters. The number of nitrogens with one attached hydrogen (secondary N) is 1. The molecule has 9 nitrogen and oxygen atoms in total. The van der Waals surface area contributed by atoms with Gasteiger partial charge in [0.1, 0.15) is 5.76 Å². The molecule has 0 spiro atoms. The molecule has 2 aromatic heterocycles. The number of fused-ring (bicyclic) bond motifs is 1. The number of hydrogen-bond donors (Lipinski definition) is 1. The zero-order chi connectivity index (χ0) is 20.9. The van der Waals surface area contributed by atoms with Gasteiger partial charge in [0.15, 0.2) is 5.82 Å². The maximum absolute atomic E-state index is 12.5. The third-order valence-electron chi connectivity index (χ3n) is 4.81. The first kappa shape index (κ1) is 19.7. The first-order chi connectivity index (χ1) is 14.6. The summed E-state index contributed by atoms with van der Waals surface area (Å²) in [6.45, 7) is 4.38. The van der Waals surface area contributed by atoms with Gasteiger partial charge in [-0.1, -0.05) is 17.3 Å². The molecule has 0 saturated carbocycles. The van der Waals surface area contributed by atoms with Crippen LogP contribution in [0.5, 0.6) is 0 Å². The van der Waals surface area contributed by atoms with Crippen molar-refractivity contribution >= 4 is 34.7 Å². The number of rotatable bonds is 5. The van der Waals surface area contributed by atoms with Crippen LogP contribution in [0.2, 0.25) is 0 Å². The molecule has 1 aliphatic heterocycles. The first-order valence-corrected chi connectivity index (χ1v) is 9.71. The van der Waals surface area contributed by atoms with Gasteiger partial charge in [-0.3, -0.25) is 19.5 Å². The van der Waals surface area contributed by atoms with Crippen LogP contribution in [0.3, 0.4) is 0 Å². The average molecular weight is 406 g/mol. The summed E-state index contributed by atoms with van der Waals surface area (Å²) in [4.78, 5) is 37.2. The van der Waals surface area contributed by atoms with E-state index in [0.717, 1.165) is 11.0 Å². The molecule has 3 aromatic rings. The topological polar surface area (TPSA) is 104 Å². The average Bonchev–Trinajstić information content (AvgIpc) is 3.16. The Kier molecular flexibility index (Phi) is 5.80. The minimum absolute atomic E-state index is 0.0767. The number of nitrogens with zero attached hydrogens (tertiary/aromatic N) is 5. The van der Waals surface area contributed by atoms with Crippen molar-refractivity contribution in [2.45, 2.75) is 6.92 Å². The minimum Gasteiger partial charge on any atom is -0.360 e. The van der Waals surface area contributed by atoms with Crippen LogP contribution in [0, 0.1) is 6.92 Å². The van der Waals surface area contributed by atoms with E-state index in [1.165, 1.54) is 6.08 Å². The lowest BCUT2D eigenvalue weighted by Gasteiger charge is -2.33. The minimum atomic E-state index is -0.155. The highest BCUT2D eigenvalue weighted by atomic mass is 16.5. The maximum Gasteiger partial charge on any atom is 0.246 e. The highest BCUT2D eigenvalue weighted by Crippen LogP contribution is 2.11. The summed E-state index contributed by atoms with van der Waals surface area (Å²) in [6.07, 6.45) is 4.86. The summed E-state index contributed by atoms with van der Waals surface area (Å²) in [5, 5.41) is 6.46. The molecule has 30 heavy (non-hydrogen) atoms. The van der Waals surface area contributed by atoms with E-state index in [1.54, 1.807) is 30.2 Å². The Bertz CT molecular complexity index is 1090. The number of para-hydroxylation sites is 2. The molecule has 1 aromatic carbocycles. The van der Waals surface area contributed by atoms with Crippen molar-refractivity contribution in [3.63, 3.8) is 0 Å². The standard InChI is InChI=1S/C21H22N6O3/c1-15-12-19(25-30-15)24-20(28)14-26-8-10-27(11-9-26)21(29)7-6-16-13-22-17-4-2-3-5-18(17)23-16/h2-7,12-13H,8-11,14H2,1H3,(H,24,25,28). The normalized spacial score (nSPS) is 15.0. The van der Waals surface area contributed by atoms with Gasteiger partial charge in [0.25, 0.3) is 0 Å². The van der Waals surface area contributed by atoms with Crippen molar-refractivity contribution in [2.24, 2.45) is 0 Å². The molecule has 3 heterocycles. The fraction of sp³-hybridized carbons (Fsp3) is 0.286. The molecule has 0 radical (unpaired) electrons. The molecule has 9 heteroatoms. The Labute approximate surface area is 173 Å². The van der Waals surface area contributed by atoms with Gasteiger partial charge in [-0.2, -0.15) is 0 Å². The van der Waals surface area contributed by atoms with E-state index in [4.69, 9.17) is 4.52 Å². The van der Waals surface area contributed by atoms with E-state index in [9.17, 15) is 9.59 Å². The van der Waals surface area contributed by atoms with Crippen molar-refractivity contribution in [2.75, 3.05) is 38.0 Å². The van der Waals surface area contributed by atoms with Gasteiger partial charge in [-0.05, 0) is 25.1 Å². The van der Waals surface area contributed by atoms with Gasteiger partial charge < -0.3 is 14.7 Å². The van der Waals surface area contributed by atoms with Crippen LogP contribution in [0.15, 0.2) is 47.1 Å². The Balaban J connectivity index is 1.26. The van der Waals surface area contributed by atoms with Gasteiger partial charge >= 0.3 is 0 Å². The number of carbonyl (C=O) groups is 2. The highest BCUT2D eigenvalue weighted by Gasteiger charge is 2.21. The smallest absolute Gasteiger partial charge is 0.246 e. The second kappa shape index (κ2) is 8.83. The molecule has 0 aliphatic carbocycles. The van der Waals surface area contributed by atoms with Crippen molar-refractivity contribution in [3.8, 4) is 0 Å². The molecule has 1 N–H and O–H groups in total. The molecule has 154 valence electrons. The van der Waals surface area contributed by atoms with Gasteiger partial charge in [0.05, 0.1) is 29.5 Å². The van der Waals surface area contributed by atoms with E-state index < -0.39 is 0 Å². The molecule has 1 aliphatic rings. The lowest BCUT2D eigenvalue weighted by atomic mass is 10.2. The molecular formula is C21H22N6O3. The van der Waals surface area contributed by atoms with E-state index >= 15 is 0 Å². The Morgan fingerprint density at radius 2 is 1.93 bits per heavy atom. The van der Waals surface area contributed by atoms with Crippen LogP contribution < -0.4 is 5.32 Å². The van der Waals surface area contributed by atoms with E-state index in [2.05, 4.69) is 20.4 Å². The maximum atomic E-state index is 12.5. The third kappa shape index (κ3) is 4.87. The van der Waals surface area contributed by atoms with Crippen LogP contribution in [-0.2, 0) is 9.59 Å². The number of carbonyl (C=O) groups excluding carboxylic acids is 2. The molecule has 2 amide bonds. The highest BCUT2D eigenvalue weighted by molar-refractivity contribution is 5.92. The van der Waals surface area contributed by atoms with Gasteiger partial charge in [0.2, 0.25) is 11.8 Å². The Hall–Kier alpha value is -3.59. The number of anilines is 1. The zero-order valence-electron chi connectivity index (χ0n) is 16.6. The fourth-order valence-electron chi connectivity index (χ4n) is 3.25. The lowest BCUT2D eigenvalue weighted by Crippen LogP contribution is -2.50. The van der Waals surface area contributed by atoms with Crippen LogP contribution >= 0.6 is 0 Å². The van der Waals surface area contributed by atoms with E-state index in [0.29, 0.717) is 43.5 Å². The summed E-state index contributed by atoms with van der Waals surface area (Å²) in [6, 6.07) is 9.27. The summed E-state index contributed by atoms with van der Waals surface area (Å²) >= 11 is 0. The van der Waals surface area contributed by atoms with Crippen molar-refractivity contribution in [1.82, 2.24) is 24.9 Å². The second-order valence-electron chi connectivity index (χ2n) is 7.09. The molecular weight excluding hydrogens is 384 g/mol. The molecule has 0 bridgehead atoms. The number of aromatic nitrogens is 3. The first-order valence-electron chi connectivity index (χ1n) is 9.71. The second-order valence-corrected chi connectivity index (χ2v) is 7.09. The summed E-state index contributed by atoms with van der Waals surface area (Å²) in [5.74, 6) is 0.818. The third-order valence-corrected chi connectivity index (χ3v) is 4.81. The SMILES string of the molecule is Cc1cc(NC(=O)CN2CCN(C(=O)C=Cc3cnc4ccccc4n3)CC2)no1. The number of piperazine rings is 1. The summed E-state index contributed by atoms with van der Waals surface area (Å²) in [7, 11) is 0. The van der Waals surface area contributed by atoms with E-state index in [1.807, 2.05) is 29.2 Å². The molecule has 4 rings (SSSR count). The number of hydrogen-bond acceptors (Lipinski definition) is 7. The van der Waals surface area contributed by atoms with Crippen LogP contribution in [-0.4, -0.2) is 69.5 Å². The van der Waals surface area contributed by atoms with Gasteiger partial charge in [-0.25, -0.2) is 4.98 Å². The summed E-state index contributed by atoms with van der Waals surface area (Å²) < 4.78 is 4.93. The lowest BCUT2D eigenvalue weighted by molar-refractivity contribution is -0.127. The zero-order valence-corrected chi connectivity index (χ0v) is 16.6. The van der Waals surface area contributed by atoms with Crippen molar-refractivity contribution in [1.29, 1.82) is 0 Å². The number of amides is 2. The van der Waals surface area contributed by atoms with Crippen LogP contribution in [0.1, 0.15) is 11.5 Å². The molecule has 1 saturated heterocycles. The van der Waals surface area contributed by atoms with Crippen molar-refractivity contribution in [3.05, 3.63) is 54.1 Å². The number of benzene rings is 1. The molecule has 1 fully saturated rings. The Morgan fingerprint density at radius 1 is 1.17 bits per heavy atom. The van der Waals surface area contributed by atoms with Crippen LogP contribution in [0.4, 0.5) is 5.82 Å².